The van der Waals surface area contributed by atoms with E-state index in [1.807, 2.05) is 84.9 Å². The lowest BCUT2D eigenvalue weighted by Gasteiger charge is -2.15. The molecule has 0 aliphatic rings. The lowest BCUT2D eigenvalue weighted by Crippen LogP contribution is -2.17. The van der Waals surface area contributed by atoms with E-state index in [9.17, 15) is 14.9 Å². The lowest BCUT2D eigenvalue weighted by molar-refractivity contribution is -0.384. The molecule has 0 aliphatic heterocycles. The Hall–Kier alpha value is -5.30. The third-order valence-electron chi connectivity index (χ3n) is 5.85. The highest BCUT2D eigenvalue weighted by molar-refractivity contribution is 5.97. The van der Waals surface area contributed by atoms with E-state index in [0.29, 0.717) is 0 Å². The maximum Gasteiger partial charge on any atom is 0.271 e. The van der Waals surface area contributed by atoms with E-state index in [-0.39, 0.29) is 11.3 Å². The minimum Gasteiger partial charge on any atom is -0.309 e. The molecule has 1 heterocycles. The molecule has 0 radical (unpaired) electrons. The molecule has 0 saturated heterocycles. The van der Waals surface area contributed by atoms with Crippen molar-refractivity contribution in [3.63, 3.8) is 0 Å². The molecule has 180 valence electrons. The van der Waals surface area contributed by atoms with Gasteiger partial charge in [0.15, 0.2) is 0 Å². The summed E-state index contributed by atoms with van der Waals surface area (Å²) in [5, 5.41) is 15.3. The van der Waals surface area contributed by atoms with Gasteiger partial charge in [0.25, 0.3) is 11.6 Å². The summed E-state index contributed by atoms with van der Waals surface area (Å²) < 4.78 is 2.17. The Labute approximate surface area is 213 Å². The van der Waals surface area contributed by atoms with Crippen LogP contribution < -0.4 is 5.43 Å². The average Bonchev–Trinajstić information content (AvgIpc) is 3.34. The van der Waals surface area contributed by atoms with Crippen LogP contribution in [0, 0.1) is 10.1 Å². The summed E-state index contributed by atoms with van der Waals surface area (Å²) in [5.74, 6) is -0.535. The topological polar surface area (TPSA) is 89.5 Å². The lowest BCUT2D eigenvalue weighted by atomic mass is 10.1. The van der Waals surface area contributed by atoms with Gasteiger partial charge in [0.2, 0.25) is 0 Å². The van der Waals surface area contributed by atoms with E-state index in [2.05, 4.69) is 27.2 Å². The van der Waals surface area contributed by atoms with Crippen molar-refractivity contribution in [1.29, 1.82) is 0 Å². The third-order valence-corrected chi connectivity index (χ3v) is 5.85. The number of carbonyl (C=O) groups is 1. The maximum absolute atomic E-state index is 12.6. The van der Waals surface area contributed by atoms with Gasteiger partial charge < -0.3 is 4.57 Å². The molecule has 7 nitrogen and oxygen atoms in total. The fourth-order valence-corrected chi connectivity index (χ4v) is 4.17. The average molecular weight is 487 g/mol. The first-order chi connectivity index (χ1) is 18.1. The molecule has 37 heavy (non-hydrogen) atoms. The van der Waals surface area contributed by atoms with Crippen molar-refractivity contribution < 1.29 is 9.72 Å². The molecule has 0 saturated carbocycles. The second kappa shape index (κ2) is 10.5. The summed E-state index contributed by atoms with van der Waals surface area (Å²) in [7, 11) is 0. The monoisotopic (exact) mass is 486 g/mol. The summed E-state index contributed by atoms with van der Waals surface area (Å²) in [4.78, 5) is 23.1. The number of nitrogens with zero attached hydrogens (tertiary/aromatic N) is 3. The van der Waals surface area contributed by atoms with Crippen molar-refractivity contribution in [3.8, 4) is 28.2 Å². The number of nitro groups is 1. The quantitative estimate of drug-likeness (QED) is 0.162. The third kappa shape index (κ3) is 5.06. The second-order valence-corrected chi connectivity index (χ2v) is 8.24. The van der Waals surface area contributed by atoms with Crippen molar-refractivity contribution in [2.75, 3.05) is 0 Å². The number of nitro benzene ring substituents is 1. The van der Waals surface area contributed by atoms with Crippen LogP contribution in [0.15, 0.2) is 126 Å². The molecular weight excluding hydrogens is 464 g/mol. The number of benzene rings is 4. The number of para-hydroxylation sites is 1. The van der Waals surface area contributed by atoms with Gasteiger partial charge in [0, 0.05) is 28.9 Å². The van der Waals surface area contributed by atoms with E-state index < -0.39 is 10.8 Å². The van der Waals surface area contributed by atoms with Gasteiger partial charge in [0.05, 0.1) is 22.5 Å². The highest BCUT2D eigenvalue weighted by Crippen LogP contribution is 2.35. The Morgan fingerprint density at radius 1 is 0.784 bits per heavy atom. The van der Waals surface area contributed by atoms with E-state index in [0.717, 1.165) is 33.8 Å². The largest absolute Gasteiger partial charge is 0.309 e. The summed E-state index contributed by atoms with van der Waals surface area (Å²) >= 11 is 0. The predicted octanol–water partition coefficient (Wildman–Crippen LogP) is 6.48. The van der Waals surface area contributed by atoms with Crippen molar-refractivity contribution in [3.05, 3.63) is 143 Å². The number of hydrogen-bond donors (Lipinski definition) is 1. The number of rotatable bonds is 7. The van der Waals surface area contributed by atoms with Crippen LogP contribution in [0.5, 0.6) is 0 Å². The molecule has 0 unspecified atom stereocenters. The molecule has 4 aromatic carbocycles. The second-order valence-electron chi connectivity index (χ2n) is 8.24. The van der Waals surface area contributed by atoms with Gasteiger partial charge in [-0.25, -0.2) is 5.43 Å². The first-order valence-corrected chi connectivity index (χ1v) is 11.6. The summed E-state index contributed by atoms with van der Waals surface area (Å²) in [6, 6.07) is 37.7. The van der Waals surface area contributed by atoms with Gasteiger partial charge in [-0.05, 0) is 35.4 Å². The Bertz CT molecular complexity index is 1580. The molecule has 5 rings (SSSR count). The molecule has 0 spiro atoms. The van der Waals surface area contributed by atoms with E-state index >= 15 is 0 Å². The van der Waals surface area contributed by atoms with Crippen LogP contribution in [0.2, 0.25) is 0 Å². The normalized spacial score (nSPS) is 10.9. The van der Waals surface area contributed by atoms with Crippen LogP contribution in [0.1, 0.15) is 15.9 Å². The van der Waals surface area contributed by atoms with E-state index in [1.165, 1.54) is 24.3 Å². The van der Waals surface area contributed by atoms with Crippen molar-refractivity contribution in [2.45, 2.75) is 0 Å². The highest BCUT2D eigenvalue weighted by atomic mass is 16.6. The van der Waals surface area contributed by atoms with E-state index in [4.69, 9.17) is 0 Å². The molecule has 7 heteroatoms. The molecule has 5 aromatic rings. The van der Waals surface area contributed by atoms with Crippen LogP contribution >= 0.6 is 0 Å². The van der Waals surface area contributed by atoms with Crippen LogP contribution in [0.3, 0.4) is 0 Å². The molecule has 0 atom stereocenters. The Balaban J connectivity index is 1.59. The van der Waals surface area contributed by atoms with Gasteiger partial charge in [-0.15, -0.1) is 0 Å². The molecular formula is C30H22N4O3. The van der Waals surface area contributed by atoms with Gasteiger partial charge in [-0.2, -0.15) is 5.10 Å². The highest BCUT2D eigenvalue weighted by Gasteiger charge is 2.18. The number of hydrazone groups is 1. The summed E-state index contributed by atoms with van der Waals surface area (Å²) in [6.07, 6.45) is 1.60. The number of aromatic nitrogens is 1. The Morgan fingerprint density at radius 3 is 2.05 bits per heavy atom. The van der Waals surface area contributed by atoms with Crippen LogP contribution in [0.4, 0.5) is 5.69 Å². The zero-order valence-corrected chi connectivity index (χ0v) is 19.7. The zero-order chi connectivity index (χ0) is 25.6. The predicted molar refractivity (Wildman–Crippen MR) is 145 cm³/mol. The first kappa shape index (κ1) is 23.4. The standard InChI is InChI=1S/C30H22N4O3/c35-30(24-15-10-18-27(19-24)34(36)37)32-31-21-25-20-28(22-11-4-1-5-12-22)33(26-16-8-3-9-17-26)29(25)23-13-6-2-7-14-23/h1-21H,(H,32,35)/b31-21+. The Kier molecular flexibility index (Phi) is 6.67. The summed E-state index contributed by atoms with van der Waals surface area (Å²) in [6.45, 7) is 0. The van der Waals surface area contributed by atoms with Gasteiger partial charge in [0.1, 0.15) is 0 Å². The van der Waals surface area contributed by atoms with Crippen molar-refractivity contribution in [2.24, 2.45) is 5.10 Å². The number of hydrogen-bond acceptors (Lipinski definition) is 4. The SMILES string of the molecule is O=C(N/N=C/c1cc(-c2ccccc2)n(-c2ccccc2)c1-c1ccccc1)c1cccc([N+](=O)[O-])c1. The van der Waals surface area contributed by atoms with E-state index in [1.54, 1.807) is 6.21 Å². The zero-order valence-electron chi connectivity index (χ0n) is 19.7. The Morgan fingerprint density at radius 2 is 1.41 bits per heavy atom. The van der Waals surface area contributed by atoms with Crippen LogP contribution in [-0.4, -0.2) is 21.6 Å². The molecule has 1 amide bonds. The fourth-order valence-electron chi connectivity index (χ4n) is 4.17. The number of amides is 1. The number of nitrogens with one attached hydrogen (secondary N) is 1. The van der Waals surface area contributed by atoms with Gasteiger partial charge in [-0.1, -0.05) is 84.9 Å². The van der Waals surface area contributed by atoms with Crippen molar-refractivity contribution >= 4 is 17.8 Å². The molecule has 0 aliphatic carbocycles. The van der Waals surface area contributed by atoms with Gasteiger partial charge >= 0.3 is 0 Å². The van der Waals surface area contributed by atoms with Crippen molar-refractivity contribution in [1.82, 2.24) is 9.99 Å². The van der Waals surface area contributed by atoms with Gasteiger partial charge in [-0.3, -0.25) is 14.9 Å². The first-order valence-electron chi connectivity index (χ1n) is 11.6. The molecule has 0 fully saturated rings. The molecule has 0 bridgehead atoms. The molecule has 1 N–H and O–H groups in total. The summed E-state index contributed by atoms with van der Waals surface area (Å²) in [5.41, 5.74) is 8.18. The smallest absolute Gasteiger partial charge is 0.271 e. The number of carbonyl (C=O) groups excluding carboxylic acids is 1. The minimum atomic E-state index is -0.538. The van der Waals surface area contributed by atoms with Crippen LogP contribution in [-0.2, 0) is 0 Å². The minimum absolute atomic E-state index is 0.154. The number of non-ortho nitro benzene ring substituents is 1. The van der Waals surface area contributed by atoms with Crippen LogP contribution in [0.25, 0.3) is 28.2 Å². The fraction of sp³-hybridized carbons (Fsp3) is 0. The maximum atomic E-state index is 12.6. The molecule has 1 aromatic heterocycles.